The first-order chi connectivity index (χ1) is 12.0. The highest BCUT2D eigenvalue weighted by Crippen LogP contribution is 2.28. The number of amides is 2. The van der Waals surface area contributed by atoms with Crippen LogP contribution in [0.3, 0.4) is 0 Å². The molecular weight excluding hydrogens is 341 g/mol. The number of carbonyl (C=O) groups is 2. The van der Waals surface area contributed by atoms with Gasteiger partial charge in [-0.15, -0.1) is 11.3 Å². The van der Waals surface area contributed by atoms with Crippen LogP contribution in [0.4, 0.5) is 4.39 Å². The summed E-state index contributed by atoms with van der Waals surface area (Å²) in [5.41, 5.74) is 6.86. The number of nitrogens with one attached hydrogen (secondary N) is 1. The lowest BCUT2D eigenvalue weighted by Gasteiger charge is -2.32. The van der Waals surface area contributed by atoms with Crippen LogP contribution in [0.5, 0.6) is 0 Å². The lowest BCUT2D eigenvalue weighted by atomic mass is 10.0. The van der Waals surface area contributed by atoms with Gasteiger partial charge in [0.15, 0.2) is 0 Å². The van der Waals surface area contributed by atoms with Crippen molar-refractivity contribution in [2.45, 2.75) is 18.9 Å². The van der Waals surface area contributed by atoms with E-state index in [9.17, 15) is 14.0 Å². The van der Waals surface area contributed by atoms with Gasteiger partial charge in [-0.25, -0.2) is 4.39 Å². The molecule has 1 saturated heterocycles. The SMILES string of the molecule is NC(=O)CN1CCC[C@H](NC(=O)c2sccc2-c2ccc(F)cc2)C1. The maximum absolute atomic E-state index is 13.1. The van der Waals surface area contributed by atoms with Crippen molar-refractivity contribution in [1.29, 1.82) is 0 Å². The van der Waals surface area contributed by atoms with Crippen molar-refractivity contribution in [2.75, 3.05) is 19.6 Å². The number of likely N-dealkylation sites (tertiary alicyclic amines) is 1. The summed E-state index contributed by atoms with van der Waals surface area (Å²) in [7, 11) is 0. The number of carbonyl (C=O) groups excluding carboxylic acids is 2. The third kappa shape index (κ3) is 4.43. The van der Waals surface area contributed by atoms with E-state index in [1.54, 1.807) is 12.1 Å². The van der Waals surface area contributed by atoms with Crippen LogP contribution in [-0.2, 0) is 4.79 Å². The van der Waals surface area contributed by atoms with Crippen molar-refractivity contribution in [2.24, 2.45) is 5.73 Å². The van der Waals surface area contributed by atoms with Gasteiger partial charge >= 0.3 is 0 Å². The molecule has 5 nitrogen and oxygen atoms in total. The third-order valence-electron chi connectivity index (χ3n) is 4.25. The monoisotopic (exact) mass is 361 g/mol. The summed E-state index contributed by atoms with van der Waals surface area (Å²) >= 11 is 1.36. The highest BCUT2D eigenvalue weighted by molar-refractivity contribution is 7.12. The van der Waals surface area contributed by atoms with Gasteiger partial charge in [0.2, 0.25) is 5.91 Å². The number of thiophene rings is 1. The first-order valence-corrected chi connectivity index (χ1v) is 9.06. The second-order valence-corrected chi connectivity index (χ2v) is 7.10. The first-order valence-electron chi connectivity index (χ1n) is 8.18. The highest BCUT2D eigenvalue weighted by Gasteiger charge is 2.24. The topological polar surface area (TPSA) is 75.4 Å². The van der Waals surface area contributed by atoms with Gasteiger partial charge in [-0.2, -0.15) is 0 Å². The molecule has 0 radical (unpaired) electrons. The smallest absolute Gasteiger partial charge is 0.262 e. The largest absolute Gasteiger partial charge is 0.369 e. The van der Waals surface area contributed by atoms with E-state index in [-0.39, 0.29) is 30.2 Å². The number of hydrogen-bond acceptors (Lipinski definition) is 4. The number of rotatable bonds is 5. The van der Waals surface area contributed by atoms with Crippen molar-refractivity contribution < 1.29 is 14.0 Å². The molecule has 1 aromatic heterocycles. The quantitative estimate of drug-likeness (QED) is 0.858. The predicted octanol–water partition coefficient (Wildman–Crippen LogP) is 2.23. The summed E-state index contributed by atoms with van der Waals surface area (Å²) in [6, 6.07) is 7.97. The molecule has 7 heteroatoms. The van der Waals surface area contributed by atoms with Crippen LogP contribution >= 0.6 is 11.3 Å². The molecule has 0 aliphatic carbocycles. The van der Waals surface area contributed by atoms with Gasteiger partial charge in [-0.1, -0.05) is 12.1 Å². The minimum atomic E-state index is -0.358. The van der Waals surface area contributed by atoms with Crippen molar-refractivity contribution in [3.05, 3.63) is 46.4 Å². The van der Waals surface area contributed by atoms with Crippen LogP contribution in [0.2, 0.25) is 0 Å². The molecular formula is C18H20FN3O2S. The van der Waals surface area contributed by atoms with Crippen LogP contribution in [0.15, 0.2) is 35.7 Å². The Morgan fingerprint density at radius 3 is 2.76 bits per heavy atom. The molecule has 0 bridgehead atoms. The number of primary amides is 1. The Morgan fingerprint density at radius 1 is 1.28 bits per heavy atom. The number of hydrogen-bond donors (Lipinski definition) is 2. The Bertz CT molecular complexity index is 760. The Hall–Kier alpha value is -2.25. The number of halogens is 1. The van der Waals surface area contributed by atoms with Crippen molar-refractivity contribution >= 4 is 23.2 Å². The third-order valence-corrected chi connectivity index (χ3v) is 5.16. The van der Waals surface area contributed by atoms with E-state index in [2.05, 4.69) is 5.32 Å². The molecule has 25 heavy (non-hydrogen) atoms. The fraction of sp³-hybridized carbons (Fsp3) is 0.333. The zero-order chi connectivity index (χ0) is 17.8. The highest BCUT2D eigenvalue weighted by atomic mass is 32.1. The molecule has 2 amide bonds. The lowest BCUT2D eigenvalue weighted by Crippen LogP contribution is -2.49. The van der Waals surface area contributed by atoms with Gasteiger partial charge in [0, 0.05) is 18.2 Å². The molecule has 132 valence electrons. The van der Waals surface area contributed by atoms with Crippen LogP contribution < -0.4 is 11.1 Å². The van der Waals surface area contributed by atoms with Gasteiger partial charge in [0.05, 0.1) is 11.4 Å². The number of piperidine rings is 1. The zero-order valence-corrected chi connectivity index (χ0v) is 14.5. The summed E-state index contributed by atoms with van der Waals surface area (Å²) in [6.07, 6.45) is 1.78. The van der Waals surface area contributed by atoms with E-state index in [1.807, 2.05) is 16.3 Å². The Morgan fingerprint density at radius 2 is 2.04 bits per heavy atom. The van der Waals surface area contributed by atoms with E-state index in [0.717, 1.165) is 30.5 Å². The molecule has 1 aliphatic heterocycles. The maximum Gasteiger partial charge on any atom is 0.262 e. The van der Waals surface area contributed by atoms with Gasteiger partial charge in [-0.3, -0.25) is 14.5 Å². The average Bonchev–Trinajstić information content (AvgIpc) is 3.05. The molecule has 2 heterocycles. The summed E-state index contributed by atoms with van der Waals surface area (Å²) in [5, 5.41) is 4.90. The van der Waals surface area contributed by atoms with Gasteiger partial charge in [-0.05, 0) is 48.5 Å². The molecule has 3 N–H and O–H groups in total. The molecule has 2 aromatic rings. The molecule has 3 rings (SSSR count). The fourth-order valence-corrected chi connectivity index (χ4v) is 3.95. The minimum Gasteiger partial charge on any atom is -0.369 e. The fourth-order valence-electron chi connectivity index (χ4n) is 3.13. The zero-order valence-electron chi connectivity index (χ0n) is 13.7. The van der Waals surface area contributed by atoms with Crippen LogP contribution in [-0.4, -0.2) is 42.4 Å². The summed E-state index contributed by atoms with van der Waals surface area (Å²) in [5.74, 6) is -0.800. The normalized spacial score (nSPS) is 18.0. The molecule has 0 saturated carbocycles. The van der Waals surface area contributed by atoms with Gasteiger partial charge < -0.3 is 11.1 Å². The van der Waals surface area contributed by atoms with Gasteiger partial charge in [0.25, 0.3) is 5.91 Å². The minimum absolute atomic E-state index is 0.0104. The van der Waals surface area contributed by atoms with Crippen molar-refractivity contribution in [1.82, 2.24) is 10.2 Å². The Kier molecular flexibility index (Phi) is 5.45. The summed E-state index contributed by atoms with van der Waals surface area (Å²) in [6.45, 7) is 1.65. The van der Waals surface area contributed by atoms with Crippen molar-refractivity contribution in [3.8, 4) is 11.1 Å². The van der Waals surface area contributed by atoms with Crippen LogP contribution in [0.1, 0.15) is 22.5 Å². The summed E-state index contributed by atoms with van der Waals surface area (Å²) < 4.78 is 13.1. The summed E-state index contributed by atoms with van der Waals surface area (Å²) in [4.78, 5) is 26.3. The second-order valence-electron chi connectivity index (χ2n) is 6.18. The van der Waals surface area contributed by atoms with Crippen LogP contribution in [0, 0.1) is 5.82 Å². The predicted molar refractivity (Wildman–Crippen MR) is 95.8 cm³/mol. The van der Waals surface area contributed by atoms with E-state index in [4.69, 9.17) is 5.73 Å². The number of nitrogens with zero attached hydrogens (tertiary/aromatic N) is 1. The van der Waals surface area contributed by atoms with Crippen LogP contribution in [0.25, 0.3) is 11.1 Å². The van der Waals surface area contributed by atoms with Crippen molar-refractivity contribution in [3.63, 3.8) is 0 Å². The molecule has 1 aromatic carbocycles. The molecule has 1 fully saturated rings. The maximum atomic E-state index is 13.1. The van der Waals surface area contributed by atoms with E-state index >= 15 is 0 Å². The molecule has 1 aliphatic rings. The van der Waals surface area contributed by atoms with E-state index in [0.29, 0.717) is 11.4 Å². The lowest BCUT2D eigenvalue weighted by molar-refractivity contribution is -0.119. The number of benzene rings is 1. The second kappa shape index (κ2) is 7.76. The molecule has 0 spiro atoms. The number of nitrogens with two attached hydrogens (primary N) is 1. The first kappa shape index (κ1) is 17.6. The van der Waals surface area contributed by atoms with Gasteiger partial charge in [0.1, 0.15) is 5.82 Å². The van der Waals surface area contributed by atoms with E-state index < -0.39 is 0 Å². The van der Waals surface area contributed by atoms with E-state index in [1.165, 1.54) is 23.5 Å². The Labute approximate surface area is 149 Å². The average molecular weight is 361 g/mol. The molecule has 1 atom stereocenters. The molecule has 0 unspecified atom stereocenters. The standard InChI is InChI=1S/C18H20FN3O2S/c19-13-5-3-12(4-6-13)15-7-9-25-17(15)18(24)21-14-2-1-8-22(10-14)11-16(20)23/h3-7,9,14H,1-2,8,10-11H2,(H2,20,23)(H,21,24)/t14-/m0/s1. The Balaban J connectivity index is 1.69.